The van der Waals surface area contributed by atoms with Gasteiger partial charge in [0.1, 0.15) is 0 Å². The normalized spacial score (nSPS) is 14.3. The second-order valence-electron chi connectivity index (χ2n) is 4.47. The molecule has 0 aliphatic heterocycles. The first-order valence-corrected chi connectivity index (χ1v) is 11.9. The summed E-state index contributed by atoms with van der Waals surface area (Å²) >= 11 is 12.9. The van der Waals surface area contributed by atoms with Crippen LogP contribution in [0.1, 0.15) is 0 Å². The van der Waals surface area contributed by atoms with Gasteiger partial charge in [-0.1, -0.05) is 60.7 Å². The maximum atomic E-state index is 6.78. The highest BCUT2D eigenvalue weighted by Gasteiger charge is 2.31. The molecule has 2 rings (SSSR count). The van der Waals surface area contributed by atoms with Gasteiger partial charge in [0, 0.05) is 5.50 Å². The summed E-state index contributed by atoms with van der Waals surface area (Å²) in [6.07, 6.45) is 0. The van der Waals surface area contributed by atoms with Gasteiger partial charge in [0.15, 0.2) is 8.96 Å². The highest BCUT2D eigenvalue weighted by molar-refractivity contribution is 7.28. The summed E-state index contributed by atoms with van der Waals surface area (Å²) in [5.74, 6) is 0. The number of halogens is 2. The van der Waals surface area contributed by atoms with Gasteiger partial charge < -0.3 is 4.65 Å². The highest BCUT2D eigenvalue weighted by atomic mass is 35.6. The van der Waals surface area contributed by atoms with E-state index in [2.05, 4.69) is 35.5 Å². The summed E-state index contributed by atoms with van der Waals surface area (Å²) in [4.78, 5) is 0. The van der Waals surface area contributed by atoms with E-state index >= 15 is 0 Å². The summed E-state index contributed by atoms with van der Waals surface area (Å²) in [5.41, 5.74) is 0.608. The fourth-order valence-corrected chi connectivity index (χ4v) is 9.65. The average molecular weight is 325 g/mol. The van der Waals surface area contributed by atoms with Gasteiger partial charge in [-0.3, -0.25) is 0 Å². The van der Waals surface area contributed by atoms with E-state index in [4.69, 9.17) is 22.7 Å². The third-order valence-electron chi connectivity index (χ3n) is 2.96. The molecule has 0 aliphatic carbocycles. The number of hydrogen-bond acceptors (Lipinski definition) is 1. The van der Waals surface area contributed by atoms with Crippen molar-refractivity contribution >= 4 is 49.6 Å². The number of alkyl halides is 1. The van der Waals surface area contributed by atoms with E-state index in [0.29, 0.717) is 5.50 Å². The first-order valence-electron chi connectivity index (χ1n) is 6.13. The van der Waals surface area contributed by atoms with Crippen LogP contribution in [-0.2, 0) is 0 Å². The minimum absolute atomic E-state index is 0.608. The third kappa shape index (κ3) is 3.94. The lowest BCUT2D eigenvalue weighted by Gasteiger charge is -2.26. The summed E-state index contributed by atoms with van der Waals surface area (Å²) in [6, 6.07) is 20.6. The molecule has 1 nitrogen and oxygen atoms in total. The molecule has 99 valence electrons. The molecule has 19 heavy (non-hydrogen) atoms. The Bertz CT molecular complexity index is 505. The lowest BCUT2D eigenvalue weighted by molar-refractivity contribution is 1.44. The lowest BCUT2D eigenvalue weighted by Crippen LogP contribution is -2.63. The van der Waals surface area contributed by atoms with Crippen molar-refractivity contribution in [3.05, 3.63) is 60.7 Å². The Balaban J connectivity index is 2.19. The van der Waals surface area contributed by atoms with Crippen molar-refractivity contribution in [2.45, 2.75) is 6.55 Å². The summed E-state index contributed by atoms with van der Waals surface area (Å²) in [6.45, 7) is 2.12. The maximum absolute atomic E-state index is 6.78. The Morgan fingerprint density at radius 1 is 1.00 bits per heavy atom. The molecular weight excluding hydrogens is 309 g/mol. The van der Waals surface area contributed by atoms with Crippen LogP contribution in [0.25, 0.3) is 0 Å². The zero-order valence-corrected chi connectivity index (χ0v) is 14.2. The standard InChI is InChI=1S/C14H16Cl2NSi2/c1-19(16,14-10-6-3-7-11-14)17-18(12-15)13-8-4-2-5-9-13/h2-11,17H,12H2,1H3. The molecule has 0 bridgehead atoms. The summed E-state index contributed by atoms with van der Waals surface area (Å²) in [7, 11) is -3.18. The predicted molar refractivity (Wildman–Crippen MR) is 89.2 cm³/mol. The van der Waals surface area contributed by atoms with Gasteiger partial charge in [0.25, 0.3) is 0 Å². The molecule has 0 fully saturated rings. The largest absolute Gasteiger partial charge is 0.340 e. The van der Waals surface area contributed by atoms with E-state index in [-0.39, 0.29) is 0 Å². The fraction of sp³-hybridized carbons (Fsp3) is 0.143. The molecule has 2 aromatic rings. The molecule has 5 heteroatoms. The first-order chi connectivity index (χ1) is 9.13. The second kappa shape index (κ2) is 6.72. The maximum Gasteiger partial charge on any atom is 0.248 e. The van der Waals surface area contributed by atoms with E-state index < -0.39 is 16.5 Å². The zero-order valence-electron chi connectivity index (χ0n) is 10.7. The molecule has 0 aromatic heterocycles. The SMILES string of the molecule is C[Si](Cl)(N[Si](CCl)c1ccccc1)c1ccccc1. The smallest absolute Gasteiger partial charge is 0.248 e. The first kappa shape index (κ1) is 14.8. The van der Waals surface area contributed by atoms with Gasteiger partial charge >= 0.3 is 0 Å². The molecule has 0 spiro atoms. The van der Waals surface area contributed by atoms with Crippen LogP contribution in [0.3, 0.4) is 0 Å². The van der Waals surface area contributed by atoms with Crippen LogP contribution in [0.2, 0.25) is 6.55 Å². The van der Waals surface area contributed by atoms with E-state index in [1.54, 1.807) is 0 Å². The van der Waals surface area contributed by atoms with Crippen LogP contribution in [0.4, 0.5) is 0 Å². The molecule has 0 saturated carbocycles. The van der Waals surface area contributed by atoms with E-state index in [9.17, 15) is 0 Å². The molecule has 1 unspecified atom stereocenters. The molecule has 0 saturated heterocycles. The third-order valence-corrected chi connectivity index (χ3v) is 11.1. The average Bonchev–Trinajstić information content (AvgIpc) is 2.47. The molecule has 1 radical (unpaired) electrons. The Morgan fingerprint density at radius 3 is 2.05 bits per heavy atom. The van der Waals surface area contributed by atoms with Crippen LogP contribution in [-0.4, -0.2) is 22.0 Å². The van der Waals surface area contributed by atoms with Gasteiger partial charge in [-0.05, 0) is 16.9 Å². The Hall–Kier alpha value is -0.586. The Morgan fingerprint density at radius 2 is 1.53 bits per heavy atom. The Kier molecular flexibility index (Phi) is 5.24. The Labute approximate surface area is 127 Å². The molecule has 1 N–H and O–H groups in total. The number of hydrogen-bond donors (Lipinski definition) is 1. The monoisotopic (exact) mass is 324 g/mol. The topological polar surface area (TPSA) is 12.0 Å². The quantitative estimate of drug-likeness (QED) is 0.506. The van der Waals surface area contributed by atoms with E-state index in [1.165, 1.54) is 10.4 Å². The molecule has 0 heterocycles. The van der Waals surface area contributed by atoms with Crippen molar-refractivity contribution in [3.63, 3.8) is 0 Å². The summed E-state index contributed by atoms with van der Waals surface area (Å²) < 4.78 is 3.65. The predicted octanol–water partition coefficient (Wildman–Crippen LogP) is 2.47. The summed E-state index contributed by atoms with van der Waals surface area (Å²) in [5, 5.41) is 2.47. The molecule has 1 atom stereocenters. The minimum atomic E-state index is -2.16. The number of benzene rings is 2. The molecular formula is C14H16Cl2NSi2. The van der Waals surface area contributed by atoms with Crippen LogP contribution in [0.5, 0.6) is 0 Å². The second-order valence-corrected chi connectivity index (χ2v) is 12.9. The van der Waals surface area contributed by atoms with Crippen molar-refractivity contribution in [3.8, 4) is 0 Å². The van der Waals surface area contributed by atoms with Gasteiger partial charge in [-0.15, -0.1) is 22.7 Å². The van der Waals surface area contributed by atoms with Crippen molar-refractivity contribution in [2.75, 3.05) is 5.50 Å². The minimum Gasteiger partial charge on any atom is -0.340 e. The van der Waals surface area contributed by atoms with Crippen LogP contribution >= 0.6 is 22.7 Å². The highest BCUT2D eigenvalue weighted by Crippen LogP contribution is 2.06. The fourth-order valence-electron chi connectivity index (χ4n) is 1.93. The number of nitrogens with one attached hydrogen (secondary N) is 1. The van der Waals surface area contributed by atoms with E-state index in [0.717, 1.165) is 0 Å². The van der Waals surface area contributed by atoms with Gasteiger partial charge in [0.2, 0.25) is 7.55 Å². The van der Waals surface area contributed by atoms with Crippen LogP contribution < -0.4 is 15.0 Å². The van der Waals surface area contributed by atoms with Gasteiger partial charge in [0.05, 0.1) is 0 Å². The van der Waals surface area contributed by atoms with Crippen molar-refractivity contribution in [1.29, 1.82) is 0 Å². The van der Waals surface area contributed by atoms with Crippen LogP contribution in [0, 0.1) is 0 Å². The van der Waals surface area contributed by atoms with Crippen molar-refractivity contribution < 1.29 is 0 Å². The molecule has 0 amide bonds. The molecule has 0 aliphatic rings. The van der Waals surface area contributed by atoms with E-state index in [1.807, 2.05) is 36.4 Å². The van der Waals surface area contributed by atoms with Gasteiger partial charge in [-0.2, -0.15) is 0 Å². The molecule has 2 aromatic carbocycles. The number of rotatable bonds is 5. The van der Waals surface area contributed by atoms with Crippen molar-refractivity contribution in [1.82, 2.24) is 4.65 Å². The lowest BCUT2D eigenvalue weighted by atomic mass is 10.4. The zero-order chi connectivity index (χ0) is 13.7. The van der Waals surface area contributed by atoms with Crippen molar-refractivity contribution in [2.24, 2.45) is 0 Å². The van der Waals surface area contributed by atoms with Crippen LogP contribution in [0.15, 0.2) is 60.7 Å². The van der Waals surface area contributed by atoms with Gasteiger partial charge in [-0.25, -0.2) is 0 Å².